The van der Waals surface area contributed by atoms with E-state index in [1.807, 2.05) is 0 Å². The van der Waals surface area contributed by atoms with E-state index in [1.165, 1.54) is 25.2 Å². The van der Waals surface area contributed by atoms with E-state index < -0.39 is 0 Å². The molecule has 3 aliphatic heterocycles. The smallest absolute Gasteiger partial charge is 0.124 e. The molecule has 3 heterocycles. The summed E-state index contributed by atoms with van der Waals surface area (Å²) in [5.74, 6) is 2.70. The minimum Gasteiger partial charge on any atom is -0.493 e. The third kappa shape index (κ3) is 1.73. The van der Waals surface area contributed by atoms with Crippen molar-refractivity contribution in [2.75, 3.05) is 26.2 Å². The number of fused-ring (bicyclic) bond motifs is 2. The van der Waals surface area contributed by atoms with Crippen molar-refractivity contribution < 1.29 is 4.74 Å². The van der Waals surface area contributed by atoms with Gasteiger partial charge in [-0.1, -0.05) is 18.2 Å². The van der Waals surface area contributed by atoms with E-state index in [4.69, 9.17) is 4.74 Å². The van der Waals surface area contributed by atoms with Gasteiger partial charge in [0.2, 0.25) is 0 Å². The summed E-state index contributed by atoms with van der Waals surface area (Å²) >= 11 is 0. The van der Waals surface area contributed by atoms with E-state index in [-0.39, 0.29) is 5.54 Å². The molecule has 108 valence electrons. The number of nitrogens with zero attached hydrogens (tertiary/aromatic N) is 1. The molecule has 2 saturated heterocycles. The van der Waals surface area contributed by atoms with Gasteiger partial charge >= 0.3 is 0 Å². The molecule has 3 nitrogen and oxygen atoms in total. The van der Waals surface area contributed by atoms with E-state index in [2.05, 4.69) is 48.3 Å². The maximum atomic E-state index is 5.84. The largest absolute Gasteiger partial charge is 0.493 e. The van der Waals surface area contributed by atoms with E-state index in [0.29, 0.717) is 6.04 Å². The zero-order valence-corrected chi connectivity index (χ0v) is 12.4. The standard InChI is InChI=1S/C17H24N2O/c1-17(2)14-10-18-9-12(14)11-19(17)15-7-8-20-16-6-4-3-5-13(15)16/h3-6,12,14-15,18H,7-11H2,1-2H3. The molecule has 0 aliphatic carbocycles. The van der Waals surface area contributed by atoms with Crippen LogP contribution in [-0.4, -0.2) is 36.7 Å². The molecule has 4 rings (SSSR count). The third-order valence-electron chi connectivity index (χ3n) is 5.72. The van der Waals surface area contributed by atoms with Crippen molar-refractivity contribution in [1.82, 2.24) is 10.2 Å². The van der Waals surface area contributed by atoms with Gasteiger partial charge in [0.15, 0.2) is 0 Å². The maximum Gasteiger partial charge on any atom is 0.124 e. The molecule has 20 heavy (non-hydrogen) atoms. The molecule has 1 aromatic carbocycles. The summed E-state index contributed by atoms with van der Waals surface area (Å²) in [4.78, 5) is 2.75. The molecule has 3 atom stereocenters. The summed E-state index contributed by atoms with van der Waals surface area (Å²) < 4.78 is 5.84. The Morgan fingerprint density at radius 2 is 2.10 bits per heavy atom. The van der Waals surface area contributed by atoms with E-state index >= 15 is 0 Å². The van der Waals surface area contributed by atoms with E-state index in [0.717, 1.165) is 30.6 Å². The lowest BCUT2D eigenvalue weighted by atomic mass is 9.84. The normalized spacial score (nSPS) is 35.4. The van der Waals surface area contributed by atoms with Gasteiger partial charge in [0.05, 0.1) is 6.61 Å². The first-order valence-corrected chi connectivity index (χ1v) is 7.87. The molecule has 0 amide bonds. The lowest BCUT2D eigenvalue weighted by molar-refractivity contribution is 0.0632. The molecule has 0 spiro atoms. The average molecular weight is 272 g/mol. The molecular formula is C17H24N2O. The van der Waals surface area contributed by atoms with Gasteiger partial charge in [-0.3, -0.25) is 4.90 Å². The van der Waals surface area contributed by atoms with Crippen LogP contribution >= 0.6 is 0 Å². The Hall–Kier alpha value is -1.06. The van der Waals surface area contributed by atoms with Crippen molar-refractivity contribution in [3.63, 3.8) is 0 Å². The Kier molecular flexibility index (Phi) is 2.83. The quantitative estimate of drug-likeness (QED) is 0.850. The molecule has 0 aromatic heterocycles. The first-order valence-electron chi connectivity index (χ1n) is 7.87. The first-order chi connectivity index (χ1) is 9.68. The molecule has 3 unspecified atom stereocenters. The number of hydrogen-bond donors (Lipinski definition) is 1. The van der Waals surface area contributed by atoms with Crippen LogP contribution < -0.4 is 10.1 Å². The minimum absolute atomic E-state index is 0.281. The Morgan fingerprint density at radius 1 is 1.25 bits per heavy atom. The summed E-state index contributed by atoms with van der Waals surface area (Å²) in [7, 11) is 0. The van der Waals surface area contributed by atoms with E-state index in [1.54, 1.807) is 0 Å². The Bertz CT molecular complexity index is 513. The second-order valence-electron chi connectivity index (χ2n) is 7.02. The zero-order valence-electron chi connectivity index (χ0n) is 12.4. The summed E-state index contributed by atoms with van der Waals surface area (Å²) in [5.41, 5.74) is 1.67. The number of nitrogens with one attached hydrogen (secondary N) is 1. The number of para-hydroxylation sites is 1. The summed E-state index contributed by atoms with van der Waals surface area (Å²) in [5, 5.41) is 3.57. The van der Waals surface area contributed by atoms with Gasteiger partial charge in [-0.2, -0.15) is 0 Å². The molecule has 0 radical (unpaired) electrons. The number of rotatable bonds is 1. The fraction of sp³-hybridized carbons (Fsp3) is 0.647. The lowest BCUT2D eigenvalue weighted by Crippen LogP contribution is -2.47. The summed E-state index contributed by atoms with van der Waals surface area (Å²) in [6.07, 6.45) is 1.12. The minimum atomic E-state index is 0.281. The second-order valence-corrected chi connectivity index (χ2v) is 7.02. The monoisotopic (exact) mass is 272 g/mol. The van der Waals surface area contributed by atoms with Crippen LogP contribution in [0.1, 0.15) is 31.9 Å². The van der Waals surface area contributed by atoms with Gasteiger partial charge in [-0.15, -0.1) is 0 Å². The van der Waals surface area contributed by atoms with Crippen molar-refractivity contribution >= 4 is 0 Å². The van der Waals surface area contributed by atoms with Gasteiger partial charge in [-0.25, -0.2) is 0 Å². The molecule has 3 aliphatic rings. The molecule has 0 bridgehead atoms. The topological polar surface area (TPSA) is 24.5 Å². The molecule has 3 heteroatoms. The average Bonchev–Trinajstić information content (AvgIpc) is 3.01. The van der Waals surface area contributed by atoms with Crippen LogP contribution in [-0.2, 0) is 0 Å². The van der Waals surface area contributed by atoms with Crippen molar-refractivity contribution in [3.8, 4) is 5.75 Å². The number of likely N-dealkylation sites (tertiary alicyclic amines) is 1. The molecule has 0 saturated carbocycles. The fourth-order valence-corrected chi connectivity index (χ4v) is 4.63. The zero-order chi connectivity index (χ0) is 13.7. The highest BCUT2D eigenvalue weighted by Gasteiger charge is 2.52. The summed E-state index contributed by atoms with van der Waals surface area (Å²) in [6.45, 7) is 9.31. The van der Waals surface area contributed by atoms with Crippen LogP contribution in [0.5, 0.6) is 5.75 Å². The highest BCUT2D eigenvalue weighted by molar-refractivity contribution is 5.38. The first kappa shape index (κ1) is 12.7. The van der Waals surface area contributed by atoms with Gasteiger partial charge in [0.25, 0.3) is 0 Å². The van der Waals surface area contributed by atoms with Crippen LogP contribution in [0.15, 0.2) is 24.3 Å². The third-order valence-corrected chi connectivity index (χ3v) is 5.72. The summed E-state index contributed by atoms with van der Waals surface area (Å²) in [6, 6.07) is 9.12. The second kappa shape index (κ2) is 4.47. The highest BCUT2D eigenvalue weighted by atomic mass is 16.5. The number of hydrogen-bond acceptors (Lipinski definition) is 3. The van der Waals surface area contributed by atoms with Crippen molar-refractivity contribution in [2.45, 2.75) is 31.8 Å². The molecule has 1 aromatic rings. The Morgan fingerprint density at radius 3 is 2.95 bits per heavy atom. The van der Waals surface area contributed by atoms with Gasteiger partial charge in [-0.05, 0) is 38.3 Å². The molecule has 1 N–H and O–H groups in total. The molecule has 2 fully saturated rings. The van der Waals surface area contributed by atoms with Crippen molar-refractivity contribution in [1.29, 1.82) is 0 Å². The lowest BCUT2D eigenvalue weighted by Gasteiger charge is -2.43. The van der Waals surface area contributed by atoms with Crippen molar-refractivity contribution in [3.05, 3.63) is 29.8 Å². The predicted octanol–water partition coefficient (Wildman–Crippen LogP) is 2.44. The maximum absolute atomic E-state index is 5.84. The van der Waals surface area contributed by atoms with Gasteiger partial charge < -0.3 is 10.1 Å². The van der Waals surface area contributed by atoms with Crippen LogP contribution in [0.4, 0.5) is 0 Å². The van der Waals surface area contributed by atoms with Crippen LogP contribution in [0.2, 0.25) is 0 Å². The SMILES string of the molecule is CC1(C)C2CNCC2CN1C1CCOc2ccccc21. The predicted molar refractivity (Wildman–Crippen MR) is 79.9 cm³/mol. The highest BCUT2D eigenvalue weighted by Crippen LogP contribution is 2.48. The Balaban J connectivity index is 1.69. The van der Waals surface area contributed by atoms with Gasteiger partial charge in [0.1, 0.15) is 5.75 Å². The number of ether oxygens (including phenoxy) is 1. The Labute approximate surface area is 121 Å². The number of benzene rings is 1. The fourth-order valence-electron chi connectivity index (χ4n) is 4.63. The van der Waals surface area contributed by atoms with E-state index in [9.17, 15) is 0 Å². The van der Waals surface area contributed by atoms with Crippen LogP contribution in [0.25, 0.3) is 0 Å². The van der Waals surface area contributed by atoms with Crippen LogP contribution in [0, 0.1) is 11.8 Å². The van der Waals surface area contributed by atoms with Crippen LogP contribution in [0.3, 0.4) is 0 Å². The van der Waals surface area contributed by atoms with Gasteiger partial charge in [0, 0.05) is 36.7 Å². The van der Waals surface area contributed by atoms with Crippen molar-refractivity contribution in [2.24, 2.45) is 11.8 Å². The molecular weight excluding hydrogens is 248 g/mol.